The van der Waals surface area contributed by atoms with Crippen LogP contribution in [0, 0.1) is 6.07 Å². The number of hydrogen-bond donors (Lipinski definition) is 3. The first-order chi connectivity index (χ1) is 10.5. The summed E-state index contributed by atoms with van der Waals surface area (Å²) in [7, 11) is 0. The molecule has 0 bridgehead atoms. The van der Waals surface area contributed by atoms with E-state index in [1.54, 1.807) is 18.2 Å². The minimum atomic E-state index is -0.641. The standard InChI is InChI=1S/C16H11ClN3O2/c17-11-6-10-12(7-9(11)15(18)21)20-14(16(19)22)13(10)8-4-2-1-3-5-8/h2-7,20H,(H2,18,21)(H2,19,22). The number of rotatable bonds is 3. The van der Waals surface area contributed by atoms with E-state index in [9.17, 15) is 9.59 Å². The van der Waals surface area contributed by atoms with Gasteiger partial charge in [0.1, 0.15) is 5.69 Å². The summed E-state index contributed by atoms with van der Waals surface area (Å²) >= 11 is 6.11. The van der Waals surface area contributed by atoms with Gasteiger partial charge in [-0.2, -0.15) is 0 Å². The van der Waals surface area contributed by atoms with Crippen LogP contribution < -0.4 is 11.5 Å². The van der Waals surface area contributed by atoms with E-state index in [1.165, 1.54) is 6.07 Å². The van der Waals surface area contributed by atoms with E-state index in [4.69, 9.17) is 23.1 Å². The predicted molar refractivity (Wildman–Crippen MR) is 84.6 cm³/mol. The molecular formula is C16H11ClN3O2. The highest BCUT2D eigenvalue weighted by Crippen LogP contribution is 2.35. The molecule has 1 aromatic heterocycles. The Hall–Kier alpha value is -2.79. The Morgan fingerprint density at radius 2 is 1.77 bits per heavy atom. The van der Waals surface area contributed by atoms with Gasteiger partial charge in [0.25, 0.3) is 5.91 Å². The summed E-state index contributed by atoms with van der Waals surface area (Å²) in [5.74, 6) is -1.24. The van der Waals surface area contributed by atoms with Crippen LogP contribution >= 0.6 is 11.6 Å². The monoisotopic (exact) mass is 312 g/mol. The maximum Gasteiger partial charge on any atom is 0.265 e. The summed E-state index contributed by atoms with van der Waals surface area (Å²) in [5.41, 5.74) is 13.2. The van der Waals surface area contributed by atoms with Crippen LogP contribution in [-0.2, 0) is 0 Å². The highest BCUT2D eigenvalue weighted by molar-refractivity contribution is 6.35. The molecule has 5 N–H and O–H groups in total. The number of H-pyrrole nitrogens is 1. The third kappa shape index (κ3) is 2.21. The lowest BCUT2D eigenvalue weighted by Crippen LogP contribution is -2.12. The summed E-state index contributed by atoms with van der Waals surface area (Å²) in [6.45, 7) is 0. The summed E-state index contributed by atoms with van der Waals surface area (Å²) in [4.78, 5) is 26.0. The molecule has 0 aliphatic rings. The molecule has 0 unspecified atom stereocenters. The van der Waals surface area contributed by atoms with Crippen LogP contribution in [0.1, 0.15) is 20.8 Å². The van der Waals surface area contributed by atoms with Crippen LogP contribution in [0.3, 0.4) is 0 Å². The van der Waals surface area contributed by atoms with Gasteiger partial charge in [-0.1, -0.05) is 35.9 Å². The van der Waals surface area contributed by atoms with Crippen LogP contribution in [0.4, 0.5) is 0 Å². The van der Waals surface area contributed by atoms with Crippen molar-refractivity contribution in [1.29, 1.82) is 0 Å². The molecule has 1 heterocycles. The highest BCUT2D eigenvalue weighted by atomic mass is 35.5. The molecule has 0 atom stereocenters. The number of amides is 2. The molecule has 3 rings (SSSR count). The highest BCUT2D eigenvalue weighted by Gasteiger charge is 2.19. The Balaban J connectivity index is 2.39. The van der Waals surface area contributed by atoms with Crippen molar-refractivity contribution >= 4 is 34.3 Å². The van der Waals surface area contributed by atoms with E-state index in [0.29, 0.717) is 16.5 Å². The Kier molecular flexibility index (Phi) is 3.35. The Bertz CT molecular complexity index is 901. The zero-order chi connectivity index (χ0) is 15.9. The second-order valence-electron chi connectivity index (χ2n) is 4.77. The van der Waals surface area contributed by atoms with E-state index in [0.717, 1.165) is 5.56 Å². The summed E-state index contributed by atoms with van der Waals surface area (Å²) in [6, 6.07) is 13.1. The van der Waals surface area contributed by atoms with Crippen molar-refractivity contribution in [2.24, 2.45) is 11.5 Å². The van der Waals surface area contributed by atoms with Crippen molar-refractivity contribution in [3.8, 4) is 11.1 Å². The Labute approximate surface area is 130 Å². The first kappa shape index (κ1) is 14.2. The average molecular weight is 313 g/mol. The topological polar surface area (TPSA) is 102 Å². The van der Waals surface area contributed by atoms with Crippen molar-refractivity contribution < 1.29 is 9.59 Å². The molecule has 1 radical (unpaired) electrons. The van der Waals surface area contributed by atoms with Crippen LogP contribution in [0.25, 0.3) is 22.0 Å². The maximum atomic E-state index is 11.7. The van der Waals surface area contributed by atoms with Crippen molar-refractivity contribution in [3.63, 3.8) is 0 Å². The molecule has 0 aliphatic heterocycles. The number of primary amides is 2. The fourth-order valence-corrected chi connectivity index (χ4v) is 2.70. The summed E-state index contributed by atoms with van der Waals surface area (Å²) in [6.07, 6.45) is 0. The lowest BCUT2D eigenvalue weighted by atomic mass is 10.0. The molecule has 109 valence electrons. The quantitative estimate of drug-likeness (QED) is 0.691. The van der Waals surface area contributed by atoms with Gasteiger partial charge in [0.15, 0.2) is 0 Å². The number of fused-ring (bicyclic) bond motifs is 1. The minimum absolute atomic E-state index is 0.180. The van der Waals surface area contributed by atoms with Gasteiger partial charge in [0, 0.05) is 16.5 Å². The first-order valence-corrected chi connectivity index (χ1v) is 6.78. The van der Waals surface area contributed by atoms with Crippen LogP contribution in [0.5, 0.6) is 0 Å². The SMILES string of the molecule is NC(=O)c1cc2[nH]c(C(N)=O)c(-c3cc[c]cc3)c2cc1Cl. The third-order valence-electron chi connectivity index (χ3n) is 3.40. The van der Waals surface area contributed by atoms with Gasteiger partial charge < -0.3 is 16.5 Å². The summed E-state index contributed by atoms with van der Waals surface area (Å²) in [5, 5.41) is 0.911. The molecule has 0 spiro atoms. The Morgan fingerprint density at radius 1 is 1.09 bits per heavy atom. The van der Waals surface area contributed by atoms with Crippen molar-refractivity contribution in [3.05, 3.63) is 58.7 Å². The fraction of sp³-hybridized carbons (Fsp3) is 0. The number of nitrogens with one attached hydrogen (secondary N) is 1. The zero-order valence-electron chi connectivity index (χ0n) is 11.3. The fourth-order valence-electron chi connectivity index (χ4n) is 2.44. The molecule has 0 fully saturated rings. The van der Waals surface area contributed by atoms with E-state index < -0.39 is 11.8 Å². The molecule has 2 amide bonds. The molecule has 6 heteroatoms. The Morgan fingerprint density at radius 3 is 2.36 bits per heavy atom. The molecule has 0 aliphatic carbocycles. The first-order valence-electron chi connectivity index (χ1n) is 6.40. The average Bonchev–Trinajstić information content (AvgIpc) is 2.85. The maximum absolute atomic E-state index is 11.7. The van der Waals surface area contributed by atoms with Gasteiger partial charge in [0.2, 0.25) is 5.91 Å². The number of aromatic amines is 1. The number of aromatic nitrogens is 1. The van der Waals surface area contributed by atoms with Crippen LogP contribution in [0.2, 0.25) is 5.02 Å². The number of hydrogen-bond acceptors (Lipinski definition) is 2. The third-order valence-corrected chi connectivity index (χ3v) is 3.72. The number of halogens is 1. The number of carbonyl (C=O) groups excluding carboxylic acids is 2. The number of benzene rings is 2. The zero-order valence-corrected chi connectivity index (χ0v) is 12.1. The summed E-state index contributed by atoms with van der Waals surface area (Å²) < 4.78 is 0. The van der Waals surface area contributed by atoms with Crippen LogP contribution in [0.15, 0.2) is 36.4 Å². The van der Waals surface area contributed by atoms with Gasteiger partial charge in [-0.25, -0.2) is 0 Å². The van der Waals surface area contributed by atoms with Gasteiger partial charge in [0.05, 0.1) is 10.6 Å². The lowest BCUT2D eigenvalue weighted by Gasteiger charge is -2.04. The second kappa shape index (κ2) is 5.20. The molecule has 0 saturated carbocycles. The van der Waals surface area contributed by atoms with Crippen molar-refractivity contribution in [2.45, 2.75) is 0 Å². The molecule has 5 nitrogen and oxygen atoms in total. The predicted octanol–water partition coefficient (Wildman–Crippen LogP) is 2.49. The molecule has 22 heavy (non-hydrogen) atoms. The van der Waals surface area contributed by atoms with E-state index in [2.05, 4.69) is 11.1 Å². The van der Waals surface area contributed by atoms with Crippen molar-refractivity contribution in [1.82, 2.24) is 4.98 Å². The van der Waals surface area contributed by atoms with Gasteiger partial charge >= 0.3 is 0 Å². The lowest BCUT2D eigenvalue weighted by molar-refractivity contribution is 0.0990. The molecule has 3 aromatic rings. The van der Waals surface area contributed by atoms with Crippen molar-refractivity contribution in [2.75, 3.05) is 0 Å². The van der Waals surface area contributed by atoms with E-state index >= 15 is 0 Å². The number of nitrogens with two attached hydrogens (primary N) is 2. The van der Waals surface area contributed by atoms with E-state index in [1.807, 2.05) is 12.1 Å². The van der Waals surface area contributed by atoms with Gasteiger partial charge in [-0.15, -0.1) is 0 Å². The normalized spacial score (nSPS) is 10.8. The van der Waals surface area contributed by atoms with Crippen LogP contribution in [-0.4, -0.2) is 16.8 Å². The molecular weight excluding hydrogens is 302 g/mol. The largest absolute Gasteiger partial charge is 0.366 e. The second-order valence-corrected chi connectivity index (χ2v) is 5.18. The minimum Gasteiger partial charge on any atom is -0.366 e. The number of carbonyl (C=O) groups is 2. The molecule has 0 saturated heterocycles. The van der Waals surface area contributed by atoms with Gasteiger partial charge in [-0.05, 0) is 23.8 Å². The van der Waals surface area contributed by atoms with E-state index in [-0.39, 0.29) is 16.3 Å². The molecule has 2 aromatic carbocycles. The smallest absolute Gasteiger partial charge is 0.265 e. The van der Waals surface area contributed by atoms with Gasteiger partial charge in [-0.3, -0.25) is 9.59 Å².